The van der Waals surface area contributed by atoms with Crippen LogP contribution in [0.15, 0.2) is 0 Å². The van der Waals surface area contributed by atoms with Crippen LogP contribution < -0.4 is 9.80 Å². The molecule has 0 saturated carbocycles. The minimum absolute atomic E-state index is 0.160. The number of quaternary nitrogens is 2. The van der Waals surface area contributed by atoms with Crippen LogP contribution in [0, 0.1) is 0 Å². The standard InChI is InChI=1S/C19H35N3O/c1-16-8-4-7-13-22(16)19(23)17(2)20-14-9-18(10-15-20)21-11-5-3-6-12-21/h16-18H,3-15H2,1-2H3/p+2/t16-,17+/m1/s1. The molecule has 3 saturated heterocycles. The number of amides is 1. The lowest BCUT2D eigenvalue weighted by Crippen LogP contribution is -3.22. The Hall–Kier alpha value is -0.610. The lowest BCUT2D eigenvalue weighted by molar-refractivity contribution is -0.965. The molecule has 3 aliphatic heterocycles. The van der Waals surface area contributed by atoms with Crippen LogP contribution in [0.4, 0.5) is 0 Å². The summed E-state index contributed by atoms with van der Waals surface area (Å²) in [4.78, 5) is 18.5. The number of hydrogen-bond donors (Lipinski definition) is 2. The highest BCUT2D eigenvalue weighted by atomic mass is 16.2. The maximum atomic E-state index is 12.9. The molecule has 0 aliphatic carbocycles. The fourth-order valence-corrected chi connectivity index (χ4v) is 5.09. The van der Waals surface area contributed by atoms with Gasteiger partial charge in [-0.15, -0.1) is 0 Å². The zero-order valence-electron chi connectivity index (χ0n) is 15.3. The van der Waals surface area contributed by atoms with E-state index in [0.717, 1.165) is 12.6 Å². The molecule has 0 unspecified atom stereocenters. The summed E-state index contributed by atoms with van der Waals surface area (Å²) in [5.74, 6) is 0.413. The quantitative estimate of drug-likeness (QED) is 0.746. The van der Waals surface area contributed by atoms with E-state index < -0.39 is 0 Å². The van der Waals surface area contributed by atoms with Gasteiger partial charge in [0.05, 0.1) is 32.2 Å². The number of nitrogens with zero attached hydrogens (tertiary/aromatic N) is 1. The number of carbonyl (C=O) groups is 1. The second-order valence-corrected chi connectivity index (χ2v) is 8.25. The predicted molar refractivity (Wildman–Crippen MR) is 92.8 cm³/mol. The Bertz CT molecular complexity index is 386. The van der Waals surface area contributed by atoms with Crippen molar-refractivity contribution in [3.8, 4) is 0 Å². The number of likely N-dealkylation sites (tertiary alicyclic amines) is 3. The first-order valence-electron chi connectivity index (χ1n) is 10.2. The molecular weight excluding hydrogens is 286 g/mol. The fraction of sp³-hybridized carbons (Fsp3) is 0.947. The molecule has 0 bridgehead atoms. The van der Waals surface area contributed by atoms with E-state index >= 15 is 0 Å². The first kappa shape index (κ1) is 17.2. The Morgan fingerprint density at radius 2 is 1.65 bits per heavy atom. The lowest BCUT2D eigenvalue weighted by Gasteiger charge is -2.40. The minimum Gasteiger partial charge on any atom is -0.335 e. The number of nitrogens with one attached hydrogen (secondary N) is 2. The normalized spacial score (nSPS) is 35.0. The number of rotatable bonds is 3. The van der Waals surface area contributed by atoms with Gasteiger partial charge in [0.25, 0.3) is 5.91 Å². The Balaban J connectivity index is 1.49. The van der Waals surface area contributed by atoms with Crippen LogP contribution in [-0.2, 0) is 4.79 Å². The summed E-state index contributed by atoms with van der Waals surface area (Å²) in [6, 6.07) is 1.48. The van der Waals surface area contributed by atoms with Gasteiger partial charge < -0.3 is 14.7 Å². The molecule has 3 heterocycles. The van der Waals surface area contributed by atoms with E-state index in [2.05, 4.69) is 18.7 Å². The molecule has 2 atom stereocenters. The molecule has 1 amide bonds. The second-order valence-electron chi connectivity index (χ2n) is 8.25. The Labute approximate surface area is 142 Å². The van der Waals surface area contributed by atoms with Crippen molar-refractivity contribution >= 4 is 5.91 Å². The SMILES string of the molecule is C[C@@H]1CCCCN1C(=O)[C@H](C)[NH+]1CCC([NH+]2CCCCC2)CC1. The Kier molecular flexibility index (Phi) is 5.97. The first-order valence-corrected chi connectivity index (χ1v) is 10.2. The van der Waals surface area contributed by atoms with E-state index in [1.54, 1.807) is 4.90 Å². The molecular formula is C19H37N3O+2. The summed E-state index contributed by atoms with van der Waals surface area (Å²) < 4.78 is 0. The molecule has 0 spiro atoms. The second kappa shape index (κ2) is 7.98. The smallest absolute Gasteiger partial charge is 0.280 e. The minimum atomic E-state index is 0.160. The molecule has 3 fully saturated rings. The molecule has 3 rings (SSSR count). The van der Waals surface area contributed by atoms with Crippen molar-refractivity contribution in [1.29, 1.82) is 0 Å². The molecule has 0 aromatic carbocycles. The molecule has 0 aromatic rings. The van der Waals surface area contributed by atoms with E-state index in [0.29, 0.717) is 11.9 Å². The highest BCUT2D eigenvalue weighted by Gasteiger charge is 2.37. The van der Waals surface area contributed by atoms with Gasteiger partial charge in [0, 0.05) is 25.4 Å². The number of piperidine rings is 3. The molecule has 2 N–H and O–H groups in total. The monoisotopic (exact) mass is 323 g/mol. The molecule has 4 heteroatoms. The number of carbonyl (C=O) groups excluding carboxylic acids is 1. The van der Waals surface area contributed by atoms with Gasteiger partial charge in [-0.1, -0.05) is 0 Å². The summed E-state index contributed by atoms with van der Waals surface area (Å²) in [6.45, 7) is 10.6. The molecule has 0 aromatic heterocycles. The van der Waals surface area contributed by atoms with Crippen molar-refractivity contribution in [3.05, 3.63) is 0 Å². The molecule has 0 radical (unpaired) electrons. The van der Waals surface area contributed by atoms with Crippen LogP contribution in [0.2, 0.25) is 0 Å². The summed E-state index contributed by atoms with van der Waals surface area (Å²) in [7, 11) is 0. The van der Waals surface area contributed by atoms with Gasteiger partial charge in [-0.05, 0) is 52.4 Å². The third kappa shape index (κ3) is 4.08. The zero-order valence-corrected chi connectivity index (χ0v) is 15.3. The summed E-state index contributed by atoms with van der Waals surface area (Å²) in [6.07, 6.45) is 10.6. The van der Waals surface area contributed by atoms with E-state index in [1.807, 2.05) is 4.90 Å². The van der Waals surface area contributed by atoms with Crippen molar-refractivity contribution in [1.82, 2.24) is 4.90 Å². The topological polar surface area (TPSA) is 29.2 Å². The third-order valence-corrected chi connectivity index (χ3v) is 6.77. The van der Waals surface area contributed by atoms with Crippen LogP contribution in [-0.4, -0.2) is 61.7 Å². The highest BCUT2D eigenvalue weighted by molar-refractivity contribution is 5.80. The van der Waals surface area contributed by atoms with Gasteiger partial charge in [-0.25, -0.2) is 0 Å². The molecule has 3 aliphatic rings. The zero-order chi connectivity index (χ0) is 16.2. The van der Waals surface area contributed by atoms with E-state index in [-0.39, 0.29) is 6.04 Å². The Morgan fingerprint density at radius 3 is 2.30 bits per heavy atom. The maximum absolute atomic E-state index is 12.9. The van der Waals surface area contributed by atoms with Crippen molar-refractivity contribution in [3.63, 3.8) is 0 Å². The van der Waals surface area contributed by atoms with Gasteiger partial charge in [0.15, 0.2) is 6.04 Å². The molecule has 132 valence electrons. The largest absolute Gasteiger partial charge is 0.335 e. The van der Waals surface area contributed by atoms with Crippen LogP contribution in [0.3, 0.4) is 0 Å². The van der Waals surface area contributed by atoms with Crippen LogP contribution in [0.1, 0.15) is 65.2 Å². The van der Waals surface area contributed by atoms with Crippen LogP contribution >= 0.6 is 0 Å². The molecule has 4 nitrogen and oxygen atoms in total. The van der Waals surface area contributed by atoms with Gasteiger partial charge >= 0.3 is 0 Å². The van der Waals surface area contributed by atoms with Crippen LogP contribution in [0.5, 0.6) is 0 Å². The van der Waals surface area contributed by atoms with E-state index in [4.69, 9.17) is 0 Å². The third-order valence-electron chi connectivity index (χ3n) is 6.77. The predicted octanol–water partition coefficient (Wildman–Crippen LogP) is -0.108. The van der Waals surface area contributed by atoms with Crippen molar-refractivity contribution in [2.24, 2.45) is 0 Å². The van der Waals surface area contributed by atoms with Crippen molar-refractivity contribution in [2.45, 2.75) is 83.3 Å². The van der Waals surface area contributed by atoms with Gasteiger partial charge in [0.1, 0.15) is 0 Å². The van der Waals surface area contributed by atoms with Crippen molar-refractivity contribution < 1.29 is 14.6 Å². The Morgan fingerprint density at radius 1 is 0.957 bits per heavy atom. The van der Waals surface area contributed by atoms with Crippen LogP contribution in [0.25, 0.3) is 0 Å². The maximum Gasteiger partial charge on any atom is 0.280 e. The van der Waals surface area contributed by atoms with E-state index in [1.165, 1.54) is 77.5 Å². The lowest BCUT2D eigenvalue weighted by atomic mass is 9.98. The van der Waals surface area contributed by atoms with E-state index in [9.17, 15) is 4.79 Å². The van der Waals surface area contributed by atoms with Crippen molar-refractivity contribution in [2.75, 3.05) is 32.7 Å². The highest BCUT2D eigenvalue weighted by Crippen LogP contribution is 2.17. The first-order chi connectivity index (χ1) is 11.2. The van der Waals surface area contributed by atoms with Gasteiger partial charge in [0.2, 0.25) is 0 Å². The van der Waals surface area contributed by atoms with Gasteiger partial charge in [-0.2, -0.15) is 0 Å². The average molecular weight is 324 g/mol. The fourth-order valence-electron chi connectivity index (χ4n) is 5.09. The summed E-state index contributed by atoms with van der Waals surface area (Å²) in [5, 5.41) is 0. The number of hydrogen-bond acceptors (Lipinski definition) is 1. The summed E-state index contributed by atoms with van der Waals surface area (Å²) in [5.41, 5.74) is 0. The summed E-state index contributed by atoms with van der Waals surface area (Å²) >= 11 is 0. The van der Waals surface area contributed by atoms with Gasteiger partial charge in [-0.3, -0.25) is 4.79 Å². The average Bonchev–Trinajstić information content (AvgIpc) is 2.62. The molecule has 23 heavy (non-hydrogen) atoms.